The fourth-order valence-corrected chi connectivity index (χ4v) is 4.29. The van der Waals surface area contributed by atoms with Crippen LogP contribution in [0.5, 0.6) is 0 Å². The average molecular weight is 429 g/mol. The monoisotopic (exact) mass is 429 g/mol. The highest BCUT2D eigenvalue weighted by Gasteiger charge is 2.58. The number of ether oxygens (including phenoxy) is 1. The Kier molecular flexibility index (Phi) is 5.56. The molecule has 29 heavy (non-hydrogen) atoms. The highest BCUT2D eigenvalue weighted by molar-refractivity contribution is 7.99. The largest absolute Gasteiger partial charge is 0.406 e. The Morgan fingerprint density at radius 2 is 1.62 bits per heavy atom. The van der Waals surface area contributed by atoms with Gasteiger partial charge in [0.15, 0.2) is 11.2 Å². The number of anilines is 2. The first-order valence-electron chi connectivity index (χ1n) is 9.39. The Labute approximate surface area is 170 Å². The van der Waals surface area contributed by atoms with E-state index in [0.717, 1.165) is 17.7 Å². The van der Waals surface area contributed by atoms with Gasteiger partial charge in [-0.3, -0.25) is 0 Å². The first-order chi connectivity index (χ1) is 13.9. The first kappa shape index (κ1) is 20.2. The van der Waals surface area contributed by atoms with Crippen LogP contribution in [0.4, 0.5) is 25.1 Å². The van der Waals surface area contributed by atoms with Gasteiger partial charge in [-0.2, -0.15) is 39.9 Å². The number of aromatic nitrogens is 3. The molecule has 12 heteroatoms. The predicted molar refractivity (Wildman–Crippen MR) is 106 cm³/mol. The maximum Gasteiger partial charge on any atom is 0.406 e. The van der Waals surface area contributed by atoms with Gasteiger partial charge in [-0.05, 0) is 12.5 Å². The number of aliphatic imine (C=N–C) groups is 1. The third kappa shape index (κ3) is 4.00. The Morgan fingerprint density at radius 1 is 1.00 bits per heavy atom. The van der Waals surface area contributed by atoms with Gasteiger partial charge in [-0.15, -0.1) is 0 Å². The smallest absolute Gasteiger partial charge is 0.384 e. The van der Waals surface area contributed by atoms with Crippen molar-refractivity contribution < 1.29 is 17.9 Å². The van der Waals surface area contributed by atoms with Crippen LogP contribution < -0.4 is 15.5 Å². The molecule has 1 atom stereocenters. The first-order valence-corrected chi connectivity index (χ1v) is 10.5. The Bertz CT molecular complexity index is 770. The fourth-order valence-electron chi connectivity index (χ4n) is 3.38. The molecule has 4 heterocycles. The highest BCUT2D eigenvalue weighted by Crippen LogP contribution is 2.43. The fraction of sp³-hybridized carbons (Fsp3) is 0.647. The molecule has 0 spiro atoms. The van der Waals surface area contributed by atoms with Gasteiger partial charge in [0.2, 0.25) is 11.9 Å². The van der Waals surface area contributed by atoms with Crippen LogP contribution in [0.1, 0.15) is 12.2 Å². The maximum absolute atomic E-state index is 14.2. The number of alkyl halides is 3. The molecule has 3 aliphatic rings. The summed E-state index contributed by atoms with van der Waals surface area (Å²) in [7, 11) is 0. The lowest BCUT2D eigenvalue weighted by Gasteiger charge is -2.34. The normalized spacial score (nSPS) is 25.8. The van der Waals surface area contributed by atoms with Crippen LogP contribution in [-0.2, 0) is 10.2 Å². The van der Waals surface area contributed by atoms with Crippen molar-refractivity contribution in [3.8, 4) is 0 Å². The van der Waals surface area contributed by atoms with Crippen molar-refractivity contribution in [1.82, 2.24) is 15.0 Å². The van der Waals surface area contributed by atoms with Crippen molar-refractivity contribution in [2.24, 2.45) is 10.7 Å². The number of rotatable bonds is 3. The van der Waals surface area contributed by atoms with Crippen LogP contribution in [0.3, 0.4) is 0 Å². The van der Waals surface area contributed by atoms with E-state index < -0.39 is 18.0 Å². The summed E-state index contributed by atoms with van der Waals surface area (Å²) in [5, 5.41) is 0. The number of nitrogens with zero attached hydrogens (tertiary/aromatic N) is 6. The molecule has 158 valence electrons. The molecule has 2 N–H and O–H groups in total. The summed E-state index contributed by atoms with van der Waals surface area (Å²) >= 11 is 1.80. The maximum atomic E-state index is 14.2. The van der Waals surface area contributed by atoms with E-state index in [1.54, 1.807) is 11.8 Å². The van der Waals surface area contributed by atoms with Gasteiger partial charge in [0.1, 0.15) is 5.82 Å². The number of hydrogen-bond donors (Lipinski definition) is 1. The van der Waals surface area contributed by atoms with E-state index >= 15 is 0 Å². The molecule has 1 aromatic heterocycles. The van der Waals surface area contributed by atoms with Gasteiger partial charge in [-0.1, -0.05) is 0 Å². The molecule has 8 nitrogen and oxygen atoms in total. The summed E-state index contributed by atoms with van der Waals surface area (Å²) in [4.78, 5) is 20.6. The minimum absolute atomic E-state index is 0.0561. The Hall–Kier alpha value is -2.08. The van der Waals surface area contributed by atoms with Crippen molar-refractivity contribution >= 4 is 29.9 Å². The van der Waals surface area contributed by atoms with Crippen LogP contribution in [0.2, 0.25) is 0 Å². The molecule has 0 aliphatic carbocycles. The molecule has 3 aliphatic heterocycles. The molecular weight excluding hydrogens is 407 g/mol. The second-order valence-corrected chi connectivity index (χ2v) is 8.24. The Morgan fingerprint density at radius 3 is 2.17 bits per heavy atom. The van der Waals surface area contributed by atoms with Gasteiger partial charge < -0.3 is 20.3 Å². The van der Waals surface area contributed by atoms with Crippen molar-refractivity contribution in [1.29, 1.82) is 0 Å². The van der Waals surface area contributed by atoms with Crippen LogP contribution >= 0.6 is 11.8 Å². The Balaban J connectivity index is 1.81. The summed E-state index contributed by atoms with van der Waals surface area (Å²) in [6.45, 7) is 3.33. The van der Waals surface area contributed by atoms with Crippen molar-refractivity contribution in [2.45, 2.75) is 18.0 Å². The van der Waals surface area contributed by atoms with Gasteiger partial charge in [-0.25, -0.2) is 4.99 Å². The second-order valence-electron chi connectivity index (χ2n) is 7.02. The minimum Gasteiger partial charge on any atom is -0.384 e. The van der Waals surface area contributed by atoms with Crippen LogP contribution in [-0.4, -0.2) is 78.2 Å². The molecule has 1 aromatic rings. The predicted octanol–water partition coefficient (Wildman–Crippen LogP) is 1.34. The average Bonchev–Trinajstić information content (AvgIpc) is 2.74. The summed E-state index contributed by atoms with van der Waals surface area (Å²) in [5.41, 5.74) is 3.15. The van der Waals surface area contributed by atoms with E-state index in [-0.39, 0.29) is 23.5 Å². The molecular formula is C17H22F3N7OS. The van der Waals surface area contributed by atoms with Crippen LogP contribution in [0, 0.1) is 0 Å². The zero-order chi connectivity index (χ0) is 20.5. The minimum atomic E-state index is -4.63. The zero-order valence-corrected chi connectivity index (χ0v) is 16.5. The summed E-state index contributed by atoms with van der Waals surface area (Å²) in [6.07, 6.45) is -2.93. The van der Waals surface area contributed by atoms with Crippen LogP contribution in [0.25, 0.3) is 0 Å². The highest BCUT2D eigenvalue weighted by atomic mass is 32.2. The number of hydrogen-bond acceptors (Lipinski definition) is 9. The van der Waals surface area contributed by atoms with Gasteiger partial charge in [0.25, 0.3) is 0 Å². The van der Waals surface area contributed by atoms with Gasteiger partial charge >= 0.3 is 6.18 Å². The van der Waals surface area contributed by atoms with Gasteiger partial charge in [0, 0.05) is 43.9 Å². The molecule has 0 bridgehead atoms. The molecule has 1 unspecified atom stereocenters. The summed E-state index contributed by atoms with van der Waals surface area (Å²) in [5.74, 6) is 1.98. The number of morpholine rings is 1. The molecule has 0 radical (unpaired) electrons. The van der Waals surface area contributed by atoms with Crippen LogP contribution in [0.15, 0.2) is 16.9 Å². The number of halogens is 3. The lowest BCUT2D eigenvalue weighted by Crippen LogP contribution is -2.47. The quantitative estimate of drug-likeness (QED) is 0.770. The lowest BCUT2D eigenvalue weighted by molar-refractivity contribution is -0.169. The third-order valence-electron chi connectivity index (χ3n) is 5.17. The summed E-state index contributed by atoms with van der Waals surface area (Å²) in [6, 6.07) is 0. The standard InChI is InChI=1S/C17H22F3N7OS/c18-17(19,20)16(2-1-12(21)22-11-16)13-23-14(26-3-7-28-8-4-26)25-15(24-13)27-5-9-29-10-6-27/h1,11H,2-10,21H2. The zero-order valence-electron chi connectivity index (χ0n) is 15.7. The molecule has 4 rings (SSSR count). The van der Waals surface area contributed by atoms with E-state index in [1.165, 1.54) is 6.08 Å². The van der Waals surface area contributed by atoms with E-state index in [9.17, 15) is 13.2 Å². The van der Waals surface area contributed by atoms with Crippen molar-refractivity contribution in [3.63, 3.8) is 0 Å². The molecule has 0 aromatic carbocycles. The SMILES string of the molecule is NC1=CCC(c2nc(N3CCOCC3)nc(N3CCSCC3)n2)(C(F)(F)F)C=N1. The van der Waals surface area contributed by atoms with Crippen molar-refractivity contribution in [2.75, 3.05) is 60.7 Å². The number of allylic oxidation sites excluding steroid dienone is 1. The number of nitrogens with two attached hydrogens (primary N) is 1. The van der Waals surface area contributed by atoms with E-state index in [2.05, 4.69) is 19.9 Å². The molecule has 2 fully saturated rings. The third-order valence-corrected chi connectivity index (χ3v) is 6.11. The molecule has 0 saturated carbocycles. The summed E-state index contributed by atoms with van der Waals surface area (Å²) < 4.78 is 48.1. The molecule has 2 saturated heterocycles. The van der Waals surface area contributed by atoms with E-state index in [4.69, 9.17) is 10.5 Å². The van der Waals surface area contributed by atoms with E-state index in [1.807, 2.05) is 9.80 Å². The van der Waals surface area contributed by atoms with Gasteiger partial charge in [0.05, 0.1) is 13.2 Å². The lowest BCUT2D eigenvalue weighted by atomic mass is 9.82. The molecule has 0 amide bonds. The van der Waals surface area contributed by atoms with Crippen molar-refractivity contribution in [3.05, 3.63) is 17.7 Å². The van der Waals surface area contributed by atoms with E-state index in [0.29, 0.717) is 39.4 Å². The second kappa shape index (κ2) is 7.98. The topological polar surface area (TPSA) is 92.8 Å². The number of thioether (sulfide) groups is 1.